The molecule has 0 unspecified atom stereocenters. The van der Waals surface area contributed by atoms with Crippen LogP contribution in [0.25, 0.3) is 6.08 Å². The second kappa shape index (κ2) is 5.78. The van der Waals surface area contributed by atoms with Gasteiger partial charge in [-0.2, -0.15) is 0 Å². The molecule has 0 fully saturated rings. The molecular weight excluding hydrogens is 244 g/mol. The molecule has 1 aliphatic heterocycles. The number of hydrogen-bond acceptors (Lipinski definition) is 4. The summed E-state index contributed by atoms with van der Waals surface area (Å²) >= 11 is 1.35. The molecule has 0 aliphatic carbocycles. The van der Waals surface area contributed by atoms with Crippen LogP contribution in [-0.2, 0) is 6.42 Å². The Hall–Kier alpha value is -1.68. The van der Waals surface area contributed by atoms with Gasteiger partial charge in [-0.3, -0.25) is 0 Å². The van der Waals surface area contributed by atoms with E-state index in [0.717, 1.165) is 34.9 Å². The highest BCUT2D eigenvalue weighted by molar-refractivity contribution is 8.15. The van der Waals surface area contributed by atoms with Gasteiger partial charge in [0.25, 0.3) is 0 Å². The molecule has 3 nitrogen and oxygen atoms in total. The summed E-state index contributed by atoms with van der Waals surface area (Å²) < 4.78 is 5.48. The summed E-state index contributed by atoms with van der Waals surface area (Å²) in [4.78, 5) is 0.950. The van der Waals surface area contributed by atoms with Crippen molar-refractivity contribution in [3.05, 3.63) is 46.5 Å². The third kappa shape index (κ3) is 2.76. The molecular formula is C14H16N2OS. The maximum absolute atomic E-state index is 7.20. The van der Waals surface area contributed by atoms with E-state index in [1.165, 1.54) is 22.9 Å². The lowest BCUT2D eigenvalue weighted by Gasteiger charge is -2.08. The first-order valence-corrected chi connectivity index (χ1v) is 6.62. The van der Waals surface area contributed by atoms with Gasteiger partial charge in [-0.1, -0.05) is 24.4 Å². The van der Waals surface area contributed by atoms with Crippen LogP contribution in [0.15, 0.2) is 35.4 Å². The number of nitrogens with one attached hydrogen (secondary N) is 2. The Morgan fingerprint density at radius 1 is 1.56 bits per heavy atom. The number of thioether (sulfide) groups is 1. The number of hydrogen-bond donors (Lipinski definition) is 2. The van der Waals surface area contributed by atoms with Gasteiger partial charge in [-0.05, 0) is 29.3 Å². The first-order chi connectivity index (χ1) is 8.74. The summed E-state index contributed by atoms with van der Waals surface area (Å²) in [5, 5.41) is 10.2. The fourth-order valence-corrected chi connectivity index (χ4v) is 2.40. The fourth-order valence-electron chi connectivity index (χ4n) is 1.83. The zero-order valence-corrected chi connectivity index (χ0v) is 11.1. The van der Waals surface area contributed by atoms with E-state index in [-0.39, 0.29) is 0 Å². The number of ether oxygens (including phenoxy) is 1. The molecule has 94 valence electrons. The molecule has 4 heteroatoms. The van der Waals surface area contributed by atoms with Gasteiger partial charge in [0.05, 0.1) is 12.2 Å². The van der Waals surface area contributed by atoms with Gasteiger partial charge in [-0.25, -0.2) is 0 Å². The summed E-state index contributed by atoms with van der Waals surface area (Å²) in [7, 11) is 1.83. The second-order valence-electron chi connectivity index (χ2n) is 3.94. The smallest absolute Gasteiger partial charge is 0.122 e. The first kappa shape index (κ1) is 12.8. The molecule has 0 amide bonds. The average molecular weight is 260 g/mol. The van der Waals surface area contributed by atoms with Crippen LogP contribution >= 0.6 is 11.8 Å². The van der Waals surface area contributed by atoms with Crippen LogP contribution < -0.4 is 10.1 Å². The molecule has 18 heavy (non-hydrogen) atoms. The first-order valence-electron chi connectivity index (χ1n) is 5.74. The summed E-state index contributed by atoms with van der Waals surface area (Å²) in [5.74, 6) is 0.987. The van der Waals surface area contributed by atoms with Crippen molar-refractivity contribution in [2.24, 2.45) is 0 Å². The highest BCUT2D eigenvalue weighted by Gasteiger charge is 2.11. The lowest BCUT2D eigenvalue weighted by molar-refractivity contribution is 0.357. The van der Waals surface area contributed by atoms with Crippen LogP contribution in [0.2, 0.25) is 0 Å². The van der Waals surface area contributed by atoms with Crippen molar-refractivity contribution in [2.75, 3.05) is 13.7 Å². The van der Waals surface area contributed by atoms with Crippen LogP contribution in [-0.4, -0.2) is 19.2 Å². The molecule has 1 heterocycles. The van der Waals surface area contributed by atoms with Crippen LogP contribution in [0.4, 0.5) is 0 Å². The number of fused-ring (bicyclic) bond motifs is 1. The molecule has 1 aromatic carbocycles. The van der Waals surface area contributed by atoms with Crippen molar-refractivity contribution in [1.82, 2.24) is 5.32 Å². The molecule has 0 bridgehead atoms. The van der Waals surface area contributed by atoms with Crippen LogP contribution in [0.1, 0.15) is 11.1 Å². The largest absolute Gasteiger partial charge is 0.493 e. The Balaban J connectivity index is 2.29. The zero-order chi connectivity index (χ0) is 13.0. The van der Waals surface area contributed by atoms with Gasteiger partial charge in [0.2, 0.25) is 0 Å². The molecule has 0 atom stereocenters. The normalized spacial score (nSPS) is 13.7. The lowest BCUT2D eigenvalue weighted by atomic mass is 10.1. The Kier molecular flexibility index (Phi) is 4.10. The fraction of sp³-hybridized carbons (Fsp3) is 0.214. The number of benzene rings is 1. The van der Waals surface area contributed by atoms with Gasteiger partial charge >= 0.3 is 0 Å². The summed E-state index contributed by atoms with van der Waals surface area (Å²) in [6.45, 7) is 4.70. The van der Waals surface area contributed by atoms with Crippen molar-refractivity contribution in [3.63, 3.8) is 0 Å². The number of likely N-dealkylation sites (N-methyl/N-ethyl adjacent to an activating group) is 1. The van der Waals surface area contributed by atoms with E-state index in [0.29, 0.717) is 0 Å². The Bertz CT molecular complexity index is 509. The predicted molar refractivity (Wildman–Crippen MR) is 78.2 cm³/mol. The van der Waals surface area contributed by atoms with Crippen molar-refractivity contribution < 1.29 is 4.74 Å². The van der Waals surface area contributed by atoms with Crippen LogP contribution in [0.3, 0.4) is 0 Å². The molecule has 1 aliphatic rings. The molecule has 0 spiro atoms. The third-order valence-corrected chi connectivity index (χ3v) is 3.53. The summed E-state index contributed by atoms with van der Waals surface area (Å²) in [6, 6.07) is 6.16. The van der Waals surface area contributed by atoms with Crippen LogP contribution in [0, 0.1) is 5.41 Å². The SMILES string of the molecule is C=C(NC)/C(=C/c1ccc2c(c1)CCO2)SC=N. The minimum absolute atomic E-state index is 0.772. The lowest BCUT2D eigenvalue weighted by Crippen LogP contribution is -2.05. The second-order valence-corrected chi connectivity index (χ2v) is 4.85. The van der Waals surface area contributed by atoms with Gasteiger partial charge in [-0.15, -0.1) is 0 Å². The minimum atomic E-state index is 0.772. The Labute approximate surface area is 111 Å². The molecule has 1 aromatic rings. The summed E-state index contributed by atoms with van der Waals surface area (Å²) in [6.07, 6.45) is 3.00. The average Bonchev–Trinajstić information content (AvgIpc) is 2.84. The van der Waals surface area contributed by atoms with E-state index in [1.54, 1.807) is 0 Å². The van der Waals surface area contributed by atoms with E-state index >= 15 is 0 Å². The van der Waals surface area contributed by atoms with Crippen molar-refractivity contribution in [3.8, 4) is 5.75 Å². The maximum Gasteiger partial charge on any atom is 0.122 e. The van der Waals surface area contributed by atoms with E-state index in [2.05, 4.69) is 18.0 Å². The van der Waals surface area contributed by atoms with E-state index < -0.39 is 0 Å². The van der Waals surface area contributed by atoms with E-state index in [4.69, 9.17) is 10.1 Å². The van der Waals surface area contributed by atoms with Crippen molar-refractivity contribution in [1.29, 1.82) is 5.41 Å². The van der Waals surface area contributed by atoms with E-state index in [9.17, 15) is 0 Å². The molecule has 2 N–H and O–H groups in total. The highest BCUT2D eigenvalue weighted by atomic mass is 32.2. The maximum atomic E-state index is 7.20. The topological polar surface area (TPSA) is 45.1 Å². The van der Waals surface area contributed by atoms with E-state index in [1.807, 2.05) is 25.3 Å². The molecule has 0 radical (unpaired) electrons. The predicted octanol–water partition coefficient (Wildman–Crippen LogP) is 3.04. The molecule has 2 rings (SSSR count). The zero-order valence-electron chi connectivity index (χ0n) is 10.3. The Morgan fingerprint density at radius 3 is 3.11 bits per heavy atom. The van der Waals surface area contributed by atoms with Gasteiger partial charge < -0.3 is 15.5 Å². The number of rotatable bonds is 5. The van der Waals surface area contributed by atoms with Gasteiger partial charge in [0, 0.05) is 24.1 Å². The molecule has 0 aromatic heterocycles. The van der Waals surface area contributed by atoms with Crippen molar-refractivity contribution >= 4 is 23.4 Å². The van der Waals surface area contributed by atoms with Crippen LogP contribution in [0.5, 0.6) is 5.75 Å². The van der Waals surface area contributed by atoms with Crippen molar-refractivity contribution in [2.45, 2.75) is 6.42 Å². The van der Waals surface area contributed by atoms with Gasteiger partial charge in [0.15, 0.2) is 0 Å². The highest BCUT2D eigenvalue weighted by Crippen LogP contribution is 2.28. The minimum Gasteiger partial charge on any atom is -0.493 e. The molecule has 0 saturated heterocycles. The third-order valence-electron chi connectivity index (χ3n) is 2.80. The Morgan fingerprint density at radius 2 is 2.39 bits per heavy atom. The standard InChI is InChI=1S/C14H16N2OS/c1-10(16-2)14(18-9-15)8-11-3-4-13-12(7-11)5-6-17-13/h3-4,7-9,15-16H,1,5-6H2,2H3/b14-8-,15-9?. The molecule has 0 saturated carbocycles. The monoisotopic (exact) mass is 260 g/mol. The summed E-state index contributed by atoms with van der Waals surface area (Å²) in [5.41, 5.74) is 4.49. The quantitative estimate of drug-likeness (QED) is 0.486. The van der Waals surface area contributed by atoms with Gasteiger partial charge in [0.1, 0.15) is 5.75 Å².